The molecule has 0 unspecified atom stereocenters. The monoisotopic (exact) mass is 402 g/mol. The van der Waals surface area contributed by atoms with E-state index in [0.717, 1.165) is 22.4 Å². The summed E-state index contributed by atoms with van der Waals surface area (Å²) in [5, 5.41) is 0. The maximum atomic E-state index is 12.0. The summed E-state index contributed by atoms with van der Waals surface area (Å²) in [5.74, 6) is 0.398. The standard InChI is InChI=1S/C24H22N2O4/c1-29-20-14-11-18(12-15-20)13-16-23(27)25-26-24(28)17-30-22-10-6-5-9-21(22)19-7-3-2-4-8-19/h2-16H,17H2,1H3,(H,25,27)(H,26,28)/b16-13+. The van der Waals surface area contributed by atoms with Gasteiger partial charge in [0.25, 0.3) is 11.8 Å². The Bertz CT molecular complexity index is 1010. The highest BCUT2D eigenvalue weighted by Crippen LogP contribution is 2.29. The summed E-state index contributed by atoms with van der Waals surface area (Å²) >= 11 is 0. The summed E-state index contributed by atoms with van der Waals surface area (Å²) in [6.07, 6.45) is 2.96. The van der Waals surface area contributed by atoms with Gasteiger partial charge in [0.2, 0.25) is 0 Å². The topological polar surface area (TPSA) is 76.7 Å². The predicted molar refractivity (Wildman–Crippen MR) is 116 cm³/mol. The van der Waals surface area contributed by atoms with E-state index in [2.05, 4.69) is 10.9 Å². The largest absolute Gasteiger partial charge is 0.497 e. The van der Waals surface area contributed by atoms with Gasteiger partial charge in [-0.15, -0.1) is 0 Å². The van der Waals surface area contributed by atoms with E-state index in [1.165, 1.54) is 6.08 Å². The third-order valence-electron chi connectivity index (χ3n) is 4.20. The van der Waals surface area contributed by atoms with Crippen molar-refractivity contribution in [2.45, 2.75) is 0 Å². The molecular weight excluding hydrogens is 380 g/mol. The maximum absolute atomic E-state index is 12.0. The van der Waals surface area contributed by atoms with Gasteiger partial charge in [0.05, 0.1) is 7.11 Å². The van der Waals surface area contributed by atoms with E-state index in [0.29, 0.717) is 5.75 Å². The van der Waals surface area contributed by atoms with Crippen molar-refractivity contribution in [1.82, 2.24) is 10.9 Å². The predicted octanol–water partition coefficient (Wildman–Crippen LogP) is 3.60. The van der Waals surface area contributed by atoms with E-state index in [9.17, 15) is 9.59 Å². The van der Waals surface area contributed by atoms with Crippen LogP contribution in [0, 0.1) is 0 Å². The zero-order chi connectivity index (χ0) is 21.2. The molecule has 0 saturated carbocycles. The summed E-state index contributed by atoms with van der Waals surface area (Å²) in [5.41, 5.74) is 7.37. The molecule has 2 N–H and O–H groups in total. The molecule has 3 aromatic carbocycles. The number of carbonyl (C=O) groups is 2. The first kappa shape index (κ1) is 20.7. The van der Waals surface area contributed by atoms with E-state index < -0.39 is 11.8 Å². The lowest BCUT2D eigenvalue weighted by Crippen LogP contribution is -2.43. The number of nitrogens with one attached hydrogen (secondary N) is 2. The lowest BCUT2D eigenvalue weighted by molar-refractivity contribution is -0.128. The average molecular weight is 402 g/mol. The molecule has 0 bridgehead atoms. The summed E-state index contributed by atoms with van der Waals surface area (Å²) in [4.78, 5) is 23.9. The molecule has 3 aromatic rings. The fraction of sp³-hybridized carbons (Fsp3) is 0.0833. The van der Waals surface area contributed by atoms with Crippen LogP contribution in [0.3, 0.4) is 0 Å². The van der Waals surface area contributed by atoms with Gasteiger partial charge >= 0.3 is 0 Å². The van der Waals surface area contributed by atoms with Gasteiger partial charge in [-0.25, -0.2) is 0 Å². The third kappa shape index (κ3) is 5.97. The lowest BCUT2D eigenvalue weighted by Gasteiger charge is -2.12. The Kier molecular flexibility index (Phi) is 7.22. The zero-order valence-electron chi connectivity index (χ0n) is 16.5. The van der Waals surface area contributed by atoms with Crippen LogP contribution in [0.5, 0.6) is 11.5 Å². The van der Waals surface area contributed by atoms with Crippen LogP contribution in [-0.4, -0.2) is 25.5 Å². The second-order valence-corrected chi connectivity index (χ2v) is 6.29. The quantitative estimate of drug-likeness (QED) is 0.468. The van der Waals surface area contributed by atoms with Crippen molar-refractivity contribution in [1.29, 1.82) is 0 Å². The van der Waals surface area contributed by atoms with Crippen molar-refractivity contribution in [3.05, 3.63) is 90.5 Å². The second-order valence-electron chi connectivity index (χ2n) is 6.29. The third-order valence-corrected chi connectivity index (χ3v) is 4.20. The zero-order valence-corrected chi connectivity index (χ0v) is 16.5. The van der Waals surface area contributed by atoms with Crippen LogP contribution >= 0.6 is 0 Å². The highest BCUT2D eigenvalue weighted by molar-refractivity contribution is 5.93. The van der Waals surface area contributed by atoms with Crippen LogP contribution in [0.2, 0.25) is 0 Å². The maximum Gasteiger partial charge on any atom is 0.276 e. The highest BCUT2D eigenvalue weighted by Gasteiger charge is 2.08. The average Bonchev–Trinajstić information content (AvgIpc) is 2.81. The summed E-state index contributed by atoms with van der Waals surface area (Å²) in [7, 11) is 1.59. The minimum Gasteiger partial charge on any atom is -0.497 e. The number of methoxy groups -OCH3 is 1. The van der Waals surface area contributed by atoms with Crippen LogP contribution in [-0.2, 0) is 9.59 Å². The molecule has 0 aliphatic carbocycles. The van der Waals surface area contributed by atoms with Crippen LogP contribution in [0.1, 0.15) is 5.56 Å². The molecule has 0 radical (unpaired) electrons. The second kappa shape index (κ2) is 10.5. The smallest absolute Gasteiger partial charge is 0.276 e. The van der Waals surface area contributed by atoms with Gasteiger partial charge in [-0.3, -0.25) is 20.4 Å². The molecular formula is C24H22N2O4. The molecule has 3 rings (SSSR count). The number of carbonyl (C=O) groups excluding carboxylic acids is 2. The minimum atomic E-state index is -0.468. The summed E-state index contributed by atoms with van der Waals surface area (Å²) < 4.78 is 10.7. The number of hydrogen-bond donors (Lipinski definition) is 2. The van der Waals surface area contributed by atoms with Crippen LogP contribution < -0.4 is 20.3 Å². The fourth-order valence-electron chi connectivity index (χ4n) is 2.69. The fourth-order valence-corrected chi connectivity index (χ4v) is 2.69. The Labute approximate surface area is 175 Å². The molecule has 0 atom stereocenters. The molecule has 30 heavy (non-hydrogen) atoms. The van der Waals surface area contributed by atoms with Gasteiger partial charge in [0, 0.05) is 11.6 Å². The van der Waals surface area contributed by atoms with Crippen molar-refractivity contribution in [3.8, 4) is 22.6 Å². The molecule has 6 nitrogen and oxygen atoms in total. The van der Waals surface area contributed by atoms with Gasteiger partial charge in [0.15, 0.2) is 6.61 Å². The normalized spacial score (nSPS) is 10.4. The Morgan fingerprint density at radius 2 is 1.57 bits per heavy atom. The van der Waals surface area contributed by atoms with E-state index in [-0.39, 0.29) is 6.61 Å². The number of hydrogen-bond acceptors (Lipinski definition) is 4. The van der Waals surface area contributed by atoms with E-state index in [4.69, 9.17) is 9.47 Å². The van der Waals surface area contributed by atoms with Gasteiger partial charge in [-0.2, -0.15) is 0 Å². The number of amides is 2. The van der Waals surface area contributed by atoms with Crippen molar-refractivity contribution < 1.29 is 19.1 Å². The van der Waals surface area contributed by atoms with Crippen LogP contribution in [0.15, 0.2) is 84.9 Å². The van der Waals surface area contributed by atoms with Crippen molar-refractivity contribution >= 4 is 17.9 Å². The molecule has 0 spiro atoms. The molecule has 2 amide bonds. The Balaban J connectivity index is 1.48. The Morgan fingerprint density at radius 3 is 2.30 bits per heavy atom. The lowest BCUT2D eigenvalue weighted by atomic mass is 10.1. The molecule has 0 heterocycles. The number of para-hydroxylation sites is 1. The van der Waals surface area contributed by atoms with Gasteiger partial charge in [-0.1, -0.05) is 60.7 Å². The molecule has 0 fully saturated rings. The molecule has 0 saturated heterocycles. The number of ether oxygens (including phenoxy) is 2. The molecule has 152 valence electrons. The number of hydrazine groups is 1. The molecule has 0 aliphatic rings. The van der Waals surface area contributed by atoms with Crippen molar-refractivity contribution in [3.63, 3.8) is 0 Å². The van der Waals surface area contributed by atoms with E-state index in [1.807, 2.05) is 60.7 Å². The van der Waals surface area contributed by atoms with E-state index in [1.54, 1.807) is 31.4 Å². The van der Waals surface area contributed by atoms with Gasteiger partial charge < -0.3 is 9.47 Å². The first-order valence-corrected chi connectivity index (χ1v) is 9.34. The highest BCUT2D eigenvalue weighted by atomic mass is 16.5. The van der Waals surface area contributed by atoms with Crippen LogP contribution in [0.25, 0.3) is 17.2 Å². The Hall–Kier alpha value is -4.06. The van der Waals surface area contributed by atoms with Crippen molar-refractivity contribution in [2.75, 3.05) is 13.7 Å². The number of rotatable bonds is 7. The summed E-state index contributed by atoms with van der Waals surface area (Å²) in [6, 6.07) is 24.5. The number of benzene rings is 3. The van der Waals surface area contributed by atoms with Crippen LogP contribution in [0.4, 0.5) is 0 Å². The van der Waals surface area contributed by atoms with Crippen molar-refractivity contribution in [2.24, 2.45) is 0 Å². The van der Waals surface area contributed by atoms with Gasteiger partial charge in [-0.05, 0) is 35.4 Å². The first-order chi connectivity index (χ1) is 14.7. The van der Waals surface area contributed by atoms with Gasteiger partial charge in [0.1, 0.15) is 11.5 Å². The molecule has 0 aromatic heterocycles. The van der Waals surface area contributed by atoms with E-state index >= 15 is 0 Å². The minimum absolute atomic E-state index is 0.230. The molecule has 0 aliphatic heterocycles. The summed E-state index contributed by atoms with van der Waals surface area (Å²) in [6.45, 7) is -0.230. The first-order valence-electron chi connectivity index (χ1n) is 9.34. The SMILES string of the molecule is COc1ccc(/C=C/C(=O)NNC(=O)COc2ccccc2-c2ccccc2)cc1. The molecule has 6 heteroatoms. The Morgan fingerprint density at radius 1 is 0.867 bits per heavy atom.